The lowest BCUT2D eigenvalue weighted by Gasteiger charge is -2.22. The van der Waals surface area contributed by atoms with Crippen LogP contribution in [0.25, 0.3) is 0 Å². The fourth-order valence-electron chi connectivity index (χ4n) is 5.02. The summed E-state index contributed by atoms with van der Waals surface area (Å²) in [6.07, 6.45) is 2.56. The topological polar surface area (TPSA) is 119 Å². The van der Waals surface area contributed by atoms with Crippen molar-refractivity contribution in [2.75, 3.05) is 16.4 Å². The predicted molar refractivity (Wildman–Crippen MR) is 177 cm³/mol. The van der Waals surface area contributed by atoms with E-state index >= 15 is 0 Å². The first-order chi connectivity index (χ1) is 21.1. The van der Waals surface area contributed by atoms with Gasteiger partial charge in [-0.05, 0) is 54.5 Å². The molecule has 0 saturated heterocycles. The van der Waals surface area contributed by atoms with Crippen LogP contribution in [-0.2, 0) is 17.6 Å². The number of halogens is 4. The monoisotopic (exact) mass is 703 g/mol. The Morgan fingerprint density at radius 3 is 2.34 bits per heavy atom. The zero-order chi connectivity index (χ0) is 31.5. The van der Waals surface area contributed by atoms with Gasteiger partial charge in [0.2, 0.25) is 5.91 Å². The summed E-state index contributed by atoms with van der Waals surface area (Å²) < 4.78 is 0. The normalized spacial score (nSPS) is 13.9. The van der Waals surface area contributed by atoms with Gasteiger partial charge in [0.15, 0.2) is 0 Å². The van der Waals surface area contributed by atoms with Crippen LogP contribution in [-0.4, -0.2) is 28.6 Å². The van der Waals surface area contributed by atoms with Gasteiger partial charge in [0.25, 0.3) is 5.91 Å². The number of anilines is 2. The Morgan fingerprint density at radius 2 is 1.66 bits per heavy atom. The second-order valence-corrected chi connectivity index (χ2v) is 13.5. The summed E-state index contributed by atoms with van der Waals surface area (Å²) in [6, 6.07) is 19.2. The van der Waals surface area contributed by atoms with Crippen molar-refractivity contribution in [2.24, 2.45) is 0 Å². The van der Waals surface area contributed by atoms with Crippen LogP contribution >= 0.6 is 69.5 Å². The highest BCUT2D eigenvalue weighted by molar-refractivity contribution is 8.00. The van der Waals surface area contributed by atoms with E-state index in [0.717, 1.165) is 29.7 Å². The van der Waals surface area contributed by atoms with Crippen molar-refractivity contribution < 1.29 is 19.5 Å². The number of fused-ring (bicyclic) bond motifs is 1. The zero-order valence-electron chi connectivity index (χ0n) is 22.5. The average molecular weight is 705 g/mol. The zero-order valence-corrected chi connectivity index (χ0v) is 27.2. The molecule has 1 aliphatic rings. The molecule has 1 aromatic heterocycles. The minimum Gasteiger partial charge on any atom is -0.478 e. The van der Waals surface area contributed by atoms with Gasteiger partial charge in [-0.25, -0.2) is 4.79 Å². The number of carbonyl (C=O) groups is 3. The SMILES string of the molecule is N#Cc1c(NC(=O)CSc2cccc(NC(=O)c3c(Cl)c(Cl)c(Cl)c(Cl)c3C(=O)O)c2)sc2c1CCC(c1ccccc1)C2. The Labute approximate surface area is 281 Å². The molecule has 0 fully saturated rings. The molecule has 7 nitrogen and oxygen atoms in total. The van der Waals surface area contributed by atoms with Crippen LogP contribution in [0.15, 0.2) is 59.5 Å². The number of nitrogens with one attached hydrogen (secondary N) is 2. The number of hydrogen-bond acceptors (Lipinski definition) is 6. The molecule has 44 heavy (non-hydrogen) atoms. The highest BCUT2D eigenvalue weighted by Gasteiger charge is 2.29. The fraction of sp³-hybridized carbons (Fsp3) is 0.161. The summed E-state index contributed by atoms with van der Waals surface area (Å²) in [6.45, 7) is 0. The minimum absolute atomic E-state index is 0.0505. The first-order valence-corrected chi connectivity index (χ1v) is 16.4. The van der Waals surface area contributed by atoms with Crippen molar-refractivity contribution in [3.63, 3.8) is 0 Å². The predicted octanol–water partition coefficient (Wildman–Crippen LogP) is 9.19. The number of rotatable bonds is 8. The summed E-state index contributed by atoms with van der Waals surface area (Å²) in [5, 5.41) is 24.3. The third-order valence-electron chi connectivity index (χ3n) is 7.07. The Kier molecular flexibility index (Phi) is 10.1. The summed E-state index contributed by atoms with van der Waals surface area (Å²) in [4.78, 5) is 39.6. The van der Waals surface area contributed by atoms with Crippen molar-refractivity contribution in [2.45, 2.75) is 30.1 Å². The molecule has 3 aromatic carbocycles. The second kappa shape index (κ2) is 13.8. The summed E-state index contributed by atoms with van der Waals surface area (Å²) >= 11 is 27.0. The standard InChI is InChI=1S/C31H21Cl4N3O4S2/c32-25-23(24(31(41)42)26(33)28(35)27(25)34)29(40)37-17-7-4-8-18(12-17)43-14-22(39)38-30-20(13-36)19-10-9-16(11-21(19)44-30)15-5-2-1-3-6-15/h1-8,12,16H,9-11,14H2,(H,37,40)(H,38,39)(H,41,42). The Hall–Kier alpha value is -3.23. The van der Waals surface area contributed by atoms with Crippen LogP contribution in [0.5, 0.6) is 0 Å². The van der Waals surface area contributed by atoms with Crippen LogP contribution in [0.4, 0.5) is 10.7 Å². The van der Waals surface area contributed by atoms with Gasteiger partial charge in [-0.2, -0.15) is 5.26 Å². The number of carboxylic acids is 1. The maximum Gasteiger partial charge on any atom is 0.338 e. The van der Waals surface area contributed by atoms with Gasteiger partial charge < -0.3 is 15.7 Å². The Balaban J connectivity index is 1.25. The number of carboxylic acid groups (broad SMARTS) is 1. The van der Waals surface area contributed by atoms with E-state index in [9.17, 15) is 24.8 Å². The van der Waals surface area contributed by atoms with Crippen molar-refractivity contribution in [3.05, 3.63) is 107 Å². The van der Waals surface area contributed by atoms with Crippen molar-refractivity contribution in [1.29, 1.82) is 5.26 Å². The lowest BCUT2D eigenvalue weighted by atomic mass is 9.83. The fourth-order valence-corrected chi connectivity index (χ4v) is 8.08. The number of hydrogen-bond donors (Lipinski definition) is 3. The number of nitriles is 1. The number of carbonyl (C=O) groups excluding carboxylic acids is 2. The van der Waals surface area contributed by atoms with Crippen molar-refractivity contribution in [3.8, 4) is 6.07 Å². The first-order valence-electron chi connectivity index (χ1n) is 13.1. The third-order valence-corrected chi connectivity index (χ3v) is 11.0. The molecule has 3 N–H and O–H groups in total. The van der Waals surface area contributed by atoms with Gasteiger partial charge in [-0.15, -0.1) is 23.1 Å². The number of benzene rings is 3. The molecule has 0 aliphatic heterocycles. The second-order valence-electron chi connectivity index (χ2n) is 9.80. The van der Waals surface area contributed by atoms with Gasteiger partial charge in [-0.1, -0.05) is 82.8 Å². The summed E-state index contributed by atoms with van der Waals surface area (Å²) in [5.41, 5.74) is 2.13. The van der Waals surface area contributed by atoms with Gasteiger partial charge >= 0.3 is 5.97 Å². The number of thiophene rings is 1. The van der Waals surface area contributed by atoms with E-state index in [4.69, 9.17) is 46.4 Å². The molecule has 13 heteroatoms. The maximum atomic E-state index is 13.1. The van der Waals surface area contributed by atoms with E-state index < -0.39 is 28.0 Å². The minimum atomic E-state index is -1.50. The first kappa shape index (κ1) is 32.2. The van der Waals surface area contributed by atoms with Crippen LogP contribution < -0.4 is 10.6 Å². The molecule has 1 aliphatic carbocycles. The van der Waals surface area contributed by atoms with Gasteiger partial charge in [-0.3, -0.25) is 9.59 Å². The van der Waals surface area contributed by atoms with E-state index in [1.54, 1.807) is 24.3 Å². The average Bonchev–Trinajstić information content (AvgIpc) is 3.36. The van der Waals surface area contributed by atoms with Gasteiger partial charge in [0.1, 0.15) is 11.1 Å². The number of amides is 2. The molecule has 1 atom stereocenters. The van der Waals surface area contributed by atoms with E-state index in [-0.39, 0.29) is 26.7 Å². The smallest absolute Gasteiger partial charge is 0.338 e. The number of nitrogens with zero attached hydrogens (tertiary/aromatic N) is 1. The Morgan fingerprint density at radius 1 is 0.955 bits per heavy atom. The lowest BCUT2D eigenvalue weighted by Crippen LogP contribution is -2.18. The van der Waals surface area contributed by atoms with E-state index in [0.29, 0.717) is 27.1 Å². The largest absolute Gasteiger partial charge is 0.478 e. The third kappa shape index (κ3) is 6.71. The van der Waals surface area contributed by atoms with Gasteiger partial charge in [0, 0.05) is 15.5 Å². The van der Waals surface area contributed by atoms with Crippen LogP contribution in [0.2, 0.25) is 20.1 Å². The molecule has 2 amide bonds. The quantitative estimate of drug-likeness (QED) is 0.0956. The van der Waals surface area contributed by atoms with Crippen molar-refractivity contribution in [1.82, 2.24) is 0 Å². The molecule has 0 bridgehead atoms. The molecule has 5 rings (SSSR count). The molecular weight excluding hydrogens is 684 g/mol. The molecule has 1 heterocycles. The summed E-state index contributed by atoms with van der Waals surface area (Å²) in [7, 11) is 0. The highest BCUT2D eigenvalue weighted by Crippen LogP contribution is 2.43. The van der Waals surface area contributed by atoms with Crippen LogP contribution in [0.3, 0.4) is 0 Å². The summed E-state index contributed by atoms with van der Waals surface area (Å²) in [5.74, 6) is -2.20. The van der Waals surface area contributed by atoms with Crippen LogP contribution in [0.1, 0.15) is 54.6 Å². The number of thioether (sulfide) groups is 1. The Bertz CT molecular complexity index is 1840. The molecular formula is C31H21Cl4N3O4S2. The molecule has 224 valence electrons. The molecule has 0 saturated carbocycles. The maximum absolute atomic E-state index is 13.1. The molecule has 0 radical (unpaired) electrons. The lowest BCUT2D eigenvalue weighted by molar-refractivity contribution is -0.113. The molecule has 1 unspecified atom stereocenters. The molecule has 4 aromatic rings. The highest BCUT2D eigenvalue weighted by atomic mass is 35.5. The van der Waals surface area contributed by atoms with E-state index in [1.165, 1.54) is 28.7 Å². The van der Waals surface area contributed by atoms with Crippen LogP contribution in [0, 0.1) is 11.3 Å². The molecule has 0 spiro atoms. The van der Waals surface area contributed by atoms with Gasteiger partial charge in [0.05, 0.1) is 42.5 Å². The van der Waals surface area contributed by atoms with E-state index in [2.05, 4.69) is 28.8 Å². The number of aromatic carboxylic acids is 1. The van der Waals surface area contributed by atoms with Crippen molar-refractivity contribution >= 4 is 98.0 Å². The van der Waals surface area contributed by atoms with E-state index in [1.807, 2.05) is 18.2 Å².